The number of rotatable bonds is 5. The van der Waals surface area contributed by atoms with Crippen molar-refractivity contribution in [1.82, 2.24) is 9.88 Å². The molecule has 0 spiro atoms. The largest absolute Gasteiger partial charge is 0.350 e. The molecule has 0 fully saturated rings. The van der Waals surface area contributed by atoms with Crippen LogP contribution in [0.1, 0.15) is 23.6 Å². The number of aromatic nitrogens is 1. The zero-order chi connectivity index (χ0) is 16.4. The van der Waals surface area contributed by atoms with Gasteiger partial charge in [0.2, 0.25) is 0 Å². The molecule has 3 aromatic rings. The van der Waals surface area contributed by atoms with E-state index in [1.165, 1.54) is 27.6 Å². The molecule has 0 saturated carbocycles. The molecule has 2 nitrogen and oxygen atoms in total. The van der Waals surface area contributed by atoms with Gasteiger partial charge in [0.25, 0.3) is 0 Å². The Bertz CT molecular complexity index is 799. The minimum absolute atomic E-state index is 0.403. The number of hydrogen-bond acceptors (Lipinski definition) is 1. The highest BCUT2D eigenvalue weighted by atomic mass is 35.5. The molecule has 1 unspecified atom stereocenters. The molecule has 0 aliphatic carbocycles. The lowest BCUT2D eigenvalue weighted by atomic mass is 10.1. The van der Waals surface area contributed by atoms with Gasteiger partial charge in [-0.25, -0.2) is 0 Å². The molecule has 0 bridgehead atoms. The average Bonchev–Trinajstić information content (AvgIpc) is 2.81. The van der Waals surface area contributed by atoms with Crippen LogP contribution in [0.15, 0.2) is 48.7 Å². The third-order valence-electron chi connectivity index (χ3n) is 4.26. The monoisotopic (exact) mass is 326 g/mol. The minimum Gasteiger partial charge on any atom is -0.350 e. The SMILES string of the molecule is Cc1cc(Cl)cc(CNC(C)Cc2cn(C)c3ccccc23)c1. The summed E-state index contributed by atoms with van der Waals surface area (Å²) in [6.07, 6.45) is 3.26. The highest BCUT2D eigenvalue weighted by Crippen LogP contribution is 2.21. The molecule has 0 amide bonds. The second-order valence-corrected chi connectivity index (χ2v) is 6.84. The second-order valence-electron chi connectivity index (χ2n) is 6.41. The van der Waals surface area contributed by atoms with Crippen molar-refractivity contribution < 1.29 is 0 Å². The van der Waals surface area contributed by atoms with Crippen LogP contribution in [0.2, 0.25) is 5.02 Å². The Morgan fingerprint density at radius 2 is 1.96 bits per heavy atom. The van der Waals surface area contributed by atoms with Gasteiger partial charge < -0.3 is 9.88 Å². The maximum absolute atomic E-state index is 6.13. The summed E-state index contributed by atoms with van der Waals surface area (Å²) in [5.41, 5.74) is 5.13. The van der Waals surface area contributed by atoms with E-state index in [0.717, 1.165) is 18.0 Å². The van der Waals surface area contributed by atoms with Crippen LogP contribution in [0.5, 0.6) is 0 Å². The van der Waals surface area contributed by atoms with E-state index in [-0.39, 0.29) is 0 Å². The van der Waals surface area contributed by atoms with Crippen molar-refractivity contribution in [3.8, 4) is 0 Å². The Morgan fingerprint density at radius 1 is 1.17 bits per heavy atom. The quantitative estimate of drug-likeness (QED) is 0.708. The molecular formula is C20H23ClN2. The van der Waals surface area contributed by atoms with Crippen molar-refractivity contribution in [2.45, 2.75) is 32.9 Å². The van der Waals surface area contributed by atoms with Gasteiger partial charge in [-0.15, -0.1) is 0 Å². The topological polar surface area (TPSA) is 17.0 Å². The predicted octanol–water partition coefficient (Wildman–Crippen LogP) is 4.86. The first kappa shape index (κ1) is 16.1. The van der Waals surface area contributed by atoms with E-state index in [2.05, 4.69) is 67.3 Å². The molecule has 1 N–H and O–H groups in total. The summed E-state index contributed by atoms with van der Waals surface area (Å²) in [4.78, 5) is 0. The average molecular weight is 327 g/mol. The number of benzene rings is 2. The number of hydrogen-bond donors (Lipinski definition) is 1. The van der Waals surface area contributed by atoms with E-state index in [4.69, 9.17) is 11.6 Å². The third kappa shape index (κ3) is 3.77. The zero-order valence-electron chi connectivity index (χ0n) is 13.9. The van der Waals surface area contributed by atoms with Gasteiger partial charge in [-0.1, -0.05) is 35.9 Å². The fraction of sp³-hybridized carbons (Fsp3) is 0.300. The van der Waals surface area contributed by atoms with Gasteiger partial charge in [-0.05, 0) is 55.2 Å². The molecule has 1 atom stereocenters. The lowest BCUT2D eigenvalue weighted by Crippen LogP contribution is -2.27. The van der Waals surface area contributed by atoms with E-state index in [9.17, 15) is 0 Å². The molecular weight excluding hydrogens is 304 g/mol. The Hall–Kier alpha value is -1.77. The lowest BCUT2D eigenvalue weighted by molar-refractivity contribution is 0.546. The van der Waals surface area contributed by atoms with Gasteiger partial charge in [0.15, 0.2) is 0 Å². The molecule has 120 valence electrons. The summed E-state index contributed by atoms with van der Waals surface area (Å²) < 4.78 is 2.21. The van der Waals surface area contributed by atoms with Gasteiger partial charge in [0.1, 0.15) is 0 Å². The number of para-hydroxylation sites is 1. The van der Waals surface area contributed by atoms with Crippen LogP contribution in [0.3, 0.4) is 0 Å². The van der Waals surface area contributed by atoms with Crippen LogP contribution in [-0.2, 0) is 20.0 Å². The Balaban J connectivity index is 1.68. The van der Waals surface area contributed by atoms with E-state index in [1.807, 2.05) is 12.1 Å². The maximum Gasteiger partial charge on any atom is 0.0480 e. The lowest BCUT2D eigenvalue weighted by Gasteiger charge is -2.14. The molecule has 23 heavy (non-hydrogen) atoms. The van der Waals surface area contributed by atoms with Crippen molar-refractivity contribution in [2.24, 2.45) is 7.05 Å². The first-order valence-corrected chi connectivity index (χ1v) is 8.43. The molecule has 0 saturated heterocycles. The van der Waals surface area contributed by atoms with E-state index in [0.29, 0.717) is 6.04 Å². The second kappa shape index (κ2) is 6.77. The fourth-order valence-corrected chi connectivity index (χ4v) is 3.51. The van der Waals surface area contributed by atoms with Gasteiger partial charge in [-0.2, -0.15) is 0 Å². The summed E-state index contributed by atoms with van der Waals surface area (Å²) in [5.74, 6) is 0. The van der Waals surface area contributed by atoms with Crippen molar-refractivity contribution in [3.05, 3.63) is 70.4 Å². The summed E-state index contributed by atoms with van der Waals surface area (Å²) in [6.45, 7) is 5.15. The van der Waals surface area contributed by atoms with Gasteiger partial charge >= 0.3 is 0 Å². The standard InChI is InChI=1S/C20H23ClN2/c1-14-8-16(11-18(21)9-14)12-22-15(2)10-17-13-23(3)20-7-5-4-6-19(17)20/h4-9,11,13,15,22H,10,12H2,1-3H3. The molecule has 0 radical (unpaired) electrons. The highest BCUT2D eigenvalue weighted by Gasteiger charge is 2.10. The van der Waals surface area contributed by atoms with Crippen molar-refractivity contribution in [1.29, 1.82) is 0 Å². The van der Waals surface area contributed by atoms with Crippen molar-refractivity contribution >= 4 is 22.5 Å². The highest BCUT2D eigenvalue weighted by molar-refractivity contribution is 6.30. The summed E-state index contributed by atoms with van der Waals surface area (Å²) in [7, 11) is 2.11. The summed E-state index contributed by atoms with van der Waals surface area (Å²) in [5, 5.41) is 5.77. The van der Waals surface area contributed by atoms with E-state index in [1.54, 1.807) is 0 Å². The number of nitrogens with zero attached hydrogens (tertiary/aromatic N) is 1. The first-order chi connectivity index (χ1) is 11.0. The zero-order valence-corrected chi connectivity index (χ0v) is 14.7. The maximum atomic E-state index is 6.13. The Labute approximate surface area is 143 Å². The number of halogens is 1. The Morgan fingerprint density at radius 3 is 2.74 bits per heavy atom. The number of aryl methyl sites for hydroxylation is 2. The fourth-order valence-electron chi connectivity index (χ4n) is 3.20. The van der Waals surface area contributed by atoms with Crippen LogP contribution in [0, 0.1) is 6.92 Å². The predicted molar refractivity (Wildman–Crippen MR) is 99.1 cm³/mol. The number of fused-ring (bicyclic) bond motifs is 1. The first-order valence-electron chi connectivity index (χ1n) is 8.05. The smallest absolute Gasteiger partial charge is 0.0480 e. The third-order valence-corrected chi connectivity index (χ3v) is 4.48. The molecule has 2 aromatic carbocycles. The van der Waals surface area contributed by atoms with E-state index >= 15 is 0 Å². The van der Waals surface area contributed by atoms with Crippen LogP contribution in [0.25, 0.3) is 10.9 Å². The molecule has 0 aliphatic rings. The molecule has 1 heterocycles. The summed E-state index contributed by atoms with van der Waals surface area (Å²) >= 11 is 6.13. The van der Waals surface area contributed by atoms with Gasteiger partial charge in [0.05, 0.1) is 0 Å². The van der Waals surface area contributed by atoms with Gasteiger partial charge in [0, 0.05) is 41.8 Å². The molecule has 0 aliphatic heterocycles. The summed E-state index contributed by atoms with van der Waals surface area (Å²) in [6, 6.07) is 15.2. The van der Waals surface area contributed by atoms with Crippen LogP contribution in [0.4, 0.5) is 0 Å². The van der Waals surface area contributed by atoms with E-state index < -0.39 is 0 Å². The minimum atomic E-state index is 0.403. The van der Waals surface area contributed by atoms with Crippen LogP contribution >= 0.6 is 11.6 Å². The number of nitrogens with one attached hydrogen (secondary N) is 1. The molecule has 3 rings (SSSR count). The van der Waals surface area contributed by atoms with Crippen molar-refractivity contribution in [3.63, 3.8) is 0 Å². The van der Waals surface area contributed by atoms with Crippen LogP contribution < -0.4 is 5.32 Å². The Kier molecular flexibility index (Phi) is 4.74. The van der Waals surface area contributed by atoms with Gasteiger partial charge in [-0.3, -0.25) is 0 Å². The van der Waals surface area contributed by atoms with Crippen molar-refractivity contribution in [2.75, 3.05) is 0 Å². The normalized spacial score (nSPS) is 12.7. The molecule has 3 heteroatoms. The molecule has 1 aromatic heterocycles. The van der Waals surface area contributed by atoms with Crippen LogP contribution in [-0.4, -0.2) is 10.6 Å².